The van der Waals surface area contributed by atoms with Gasteiger partial charge in [0.2, 0.25) is 0 Å². The zero-order valence-electron chi connectivity index (χ0n) is 26.5. The van der Waals surface area contributed by atoms with E-state index in [-0.39, 0.29) is 0 Å². The Bertz CT molecular complexity index is 2610. The lowest BCUT2D eigenvalue weighted by Gasteiger charge is -2.39. The fraction of sp³-hybridized carbons (Fsp3) is 0.0222. The minimum atomic E-state index is -0.563. The Labute approximate surface area is 283 Å². The summed E-state index contributed by atoms with van der Waals surface area (Å²) in [6, 6.07) is 58.8. The van der Waals surface area contributed by atoms with E-state index in [0.29, 0.717) is 11.5 Å². The van der Waals surface area contributed by atoms with Crippen molar-refractivity contribution in [3.05, 3.63) is 198 Å². The maximum absolute atomic E-state index is 9.59. The number of fused-ring (bicyclic) bond motifs is 12. The summed E-state index contributed by atoms with van der Waals surface area (Å²) in [4.78, 5) is 5.20. The van der Waals surface area contributed by atoms with E-state index in [9.17, 15) is 5.41 Å². The van der Waals surface area contributed by atoms with Gasteiger partial charge in [0, 0.05) is 27.5 Å². The maximum Gasteiger partial charge on any atom is 0.164 e. The Kier molecular flexibility index (Phi) is 5.91. The molecule has 4 heteroatoms. The van der Waals surface area contributed by atoms with Crippen LogP contribution in [0.5, 0.6) is 11.5 Å². The van der Waals surface area contributed by atoms with Crippen molar-refractivity contribution in [2.24, 2.45) is 4.99 Å². The van der Waals surface area contributed by atoms with Gasteiger partial charge in [-0.1, -0.05) is 127 Å². The number of nitrogens with zero attached hydrogens (tertiary/aromatic N) is 2. The molecule has 0 unspecified atom stereocenters. The Hall–Kier alpha value is -6.52. The fourth-order valence-corrected chi connectivity index (χ4v) is 8.12. The second-order valence-corrected chi connectivity index (χ2v) is 12.7. The molecule has 10 rings (SSSR count). The third kappa shape index (κ3) is 3.86. The molecular formula is C45H29N3O. The summed E-state index contributed by atoms with van der Waals surface area (Å²) in [6.45, 7) is 0. The minimum absolute atomic E-state index is 0.358. The highest BCUT2D eigenvalue weighted by Gasteiger charge is 2.51. The number of nitrogens with one attached hydrogen (secondary N) is 1. The molecule has 0 saturated heterocycles. The molecule has 4 nitrogen and oxygen atoms in total. The highest BCUT2D eigenvalue weighted by atomic mass is 16.5. The molecule has 1 aliphatic heterocycles. The van der Waals surface area contributed by atoms with Crippen LogP contribution in [-0.2, 0) is 5.41 Å². The van der Waals surface area contributed by atoms with Crippen LogP contribution in [0.15, 0.2) is 175 Å². The van der Waals surface area contributed by atoms with E-state index in [1.165, 1.54) is 22.3 Å². The van der Waals surface area contributed by atoms with Crippen LogP contribution in [0, 0.1) is 5.41 Å². The predicted molar refractivity (Wildman–Crippen MR) is 199 cm³/mol. The molecule has 2 heterocycles. The summed E-state index contributed by atoms with van der Waals surface area (Å²) in [6.07, 6.45) is 0. The molecule has 0 bridgehead atoms. The van der Waals surface area contributed by atoms with Crippen molar-refractivity contribution >= 4 is 39.0 Å². The summed E-state index contributed by atoms with van der Waals surface area (Å²) in [5, 5.41) is 11.8. The van der Waals surface area contributed by atoms with Gasteiger partial charge in [-0.2, -0.15) is 0 Å². The standard InChI is InChI=1S/C45H29N3O/c46-43(29-15-3-1-4-16-29)44(47-30-17-5-2-6-18-30)48-39-24-12-8-20-32(39)34-27-38-33(28-40(34)48)31-19-7-9-21-35(31)45(38)36-22-10-13-25-41(36)49-42-26-14-11-23-37(42)45/h1-28,46H. The van der Waals surface area contributed by atoms with Crippen molar-refractivity contribution in [2.75, 3.05) is 0 Å². The Balaban J connectivity index is 1.34. The SMILES string of the molecule is N=C(C(=Nc1ccccc1)n1c2ccccc2c2cc3c(cc21)-c1ccccc1C31c2ccccc2Oc2ccccc21)c1ccccc1. The molecule has 0 atom stereocenters. The van der Waals surface area contributed by atoms with Crippen molar-refractivity contribution in [2.45, 2.75) is 5.41 Å². The van der Waals surface area contributed by atoms with Crippen LogP contribution in [-0.4, -0.2) is 16.1 Å². The molecular weight excluding hydrogens is 599 g/mol. The van der Waals surface area contributed by atoms with Crippen molar-refractivity contribution in [1.82, 2.24) is 4.57 Å². The van der Waals surface area contributed by atoms with Gasteiger partial charge in [0.15, 0.2) is 5.84 Å². The molecule has 8 aromatic rings. The molecule has 0 amide bonds. The molecule has 1 aliphatic carbocycles. The number of rotatable bonds is 3. The maximum atomic E-state index is 9.59. The lowest BCUT2D eigenvalue weighted by molar-refractivity contribution is 0.436. The molecule has 1 aromatic heterocycles. The largest absolute Gasteiger partial charge is 0.457 e. The summed E-state index contributed by atoms with van der Waals surface area (Å²) >= 11 is 0. The van der Waals surface area contributed by atoms with Gasteiger partial charge in [0.05, 0.1) is 22.1 Å². The van der Waals surface area contributed by atoms with Crippen LogP contribution in [0.25, 0.3) is 32.9 Å². The highest BCUT2D eigenvalue weighted by Crippen LogP contribution is 2.62. The predicted octanol–water partition coefficient (Wildman–Crippen LogP) is 10.9. The van der Waals surface area contributed by atoms with Crippen LogP contribution < -0.4 is 4.74 Å². The van der Waals surface area contributed by atoms with Gasteiger partial charge in [-0.05, 0) is 64.7 Å². The van der Waals surface area contributed by atoms with Crippen molar-refractivity contribution in [3.8, 4) is 22.6 Å². The monoisotopic (exact) mass is 627 g/mol. The average Bonchev–Trinajstić information content (AvgIpc) is 3.64. The summed E-state index contributed by atoms with van der Waals surface area (Å²) < 4.78 is 8.76. The van der Waals surface area contributed by atoms with E-state index in [1.807, 2.05) is 72.8 Å². The van der Waals surface area contributed by atoms with Gasteiger partial charge in [-0.15, -0.1) is 0 Å². The van der Waals surface area contributed by atoms with E-state index >= 15 is 0 Å². The smallest absolute Gasteiger partial charge is 0.164 e. The van der Waals surface area contributed by atoms with E-state index in [2.05, 4.69) is 102 Å². The third-order valence-electron chi connectivity index (χ3n) is 10.1. The number of aromatic nitrogens is 1. The first-order chi connectivity index (χ1) is 24.2. The van der Waals surface area contributed by atoms with Gasteiger partial charge in [-0.3, -0.25) is 9.98 Å². The van der Waals surface area contributed by atoms with E-state index in [0.717, 1.165) is 55.7 Å². The van der Waals surface area contributed by atoms with Crippen molar-refractivity contribution in [3.63, 3.8) is 0 Å². The average molecular weight is 628 g/mol. The van der Waals surface area contributed by atoms with Crippen LogP contribution >= 0.6 is 0 Å². The van der Waals surface area contributed by atoms with Crippen LogP contribution in [0.4, 0.5) is 5.69 Å². The Morgan fingerprint density at radius 3 is 1.84 bits per heavy atom. The molecule has 1 N–H and O–H groups in total. The minimum Gasteiger partial charge on any atom is -0.457 e. The van der Waals surface area contributed by atoms with Gasteiger partial charge >= 0.3 is 0 Å². The number of aliphatic imine (C=N–C) groups is 1. The van der Waals surface area contributed by atoms with Gasteiger partial charge < -0.3 is 4.74 Å². The number of benzene rings is 7. The number of hydrogen-bond acceptors (Lipinski definition) is 3. The van der Waals surface area contributed by atoms with Gasteiger partial charge in [0.1, 0.15) is 17.2 Å². The van der Waals surface area contributed by atoms with E-state index in [1.54, 1.807) is 0 Å². The Morgan fingerprint density at radius 1 is 0.510 bits per heavy atom. The molecule has 49 heavy (non-hydrogen) atoms. The molecule has 7 aromatic carbocycles. The molecule has 1 spiro atoms. The highest BCUT2D eigenvalue weighted by molar-refractivity contribution is 6.49. The second kappa shape index (κ2) is 10.5. The van der Waals surface area contributed by atoms with Crippen molar-refractivity contribution < 1.29 is 4.74 Å². The summed E-state index contributed by atoms with van der Waals surface area (Å²) in [5.74, 6) is 2.33. The fourth-order valence-electron chi connectivity index (χ4n) is 8.12. The normalized spacial score (nSPS) is 13.8. The second-order valence-electron chi connectivity index (χ2n) is 12.7. The first kappa shape index (κ1) is 27.6. The van der Waals surface area contributed by atoms with Crippen LogP contribution in [0.1, 0.15) is 27.8 Å². The van der Waals surface area contributed by atoms with Crippen molar-refractivity contribution in [1.29, 1.82) is 5.41 Å². The molecule has 230 valence electrons. The molecule has 2 aliphatic rings. The van der Waals surface area contributed by atoms with Gasteiger partial charge in [-0.25, -0.2) is 4.99 Å². The molecule has 0 fully saturated rings. The lowest BCUT2D eigenvalue weighted by Crippen LogP contribution is -2.32. The lowest BCUT2D eigenvalue weighted by atomic mass is 9.66. The summed E-state index contributed by atoms with van der Waals surface area (Å²) in [7, 11) is 0. The summed E-state index contributed by atoms with van der Waals surface area (Å²) in [5.41, 5.74) is 10.5. The zero-order chi connectivity index (χ0) is 32.5. The first-order valence-corrected chi connectivity index (χ1v) is 16.6. The topological polar surface area (TPSA) is 50.4 Å². The first-order valence-electron chi connectivity index (χ1n) is 16.6. The zero-order valence-corrected chi connectivity index (χ0v) is 26.5. The number of para-hydroxylation sites is 4. The number of hydrogen-bond donors (Lipinski definition) is 1. The Morgan fingerprint density at radius 2 is 1.10 bits per heavy atom. The van der Waals surface area contributed by atoms with Gasteiger partial charge in [0.25, 0.3) is 0 Å². The van der Waals surface area contributed by atoms with Crippen LogP contribution in [0.2, 0.25) is 0 Å². The van der Waals surface area contributed by atoms with E-state index in [4.69, 9.17) is 9.73 Å². The third-order valence-corrected chi connectivity index (χ3v) is 10.1. The number of ether oxygens (including phenoxy) is 1. The van der Waals surface area contributed by atoms with E-state index < -0.39 is 5.41 Å². The quantitative estimate of drug-likeness (QED) is 0.154. The molecule has 0 saturated carbocycles. The van der Waals surface area contributed by atoms with Crippen LogP contribution in [0.3, 0.4) is 0 Å². The molecule has 0 radical (unpaired) electrons.